The Morgan fingerprint density at radius 3 is 2.52 bits per heavy atom. The number of rotatable bonds is 6. The summed E-state index contributed by atoms with van der Waals surface area (Å²) in [5.74, 6) is 0.513. The van der Waals surface area contributed by atoms with Gasteiger partial charge >= 0.3 is 0 Å². The fourth-order valence-electron chi connectivity index (χ4n) is 2.49. The lowest BCUT2D eigenvalue weighted by Gasteiger charge is -2.26. The number of fused-ring (bicyclic) bond motifs is 1. The van der Waals surface area contributed by atoms with Crippen molar-refractivity contribution in [3.63, 3.8) is 0 Å². The van der Waals surface area contributed by atoms with Gasteiger partial charge in [-0.3, -0.25) is 9.59 Å². The summed E-state index contributed by atoms with van der Waals surface area (Å²) >= 11 is 0. The number of Topliss-reactive ketones (excluding diaryl/α,β-unsaturated/α-hetero) is 1. The van der Waals surface area contributed by atoms with Crippen LogP contribution in [0.5, 0.6) is 11.5 Å². The van der Waals surface area contributed by atoms with Crippen LogP contribution in [0.15, 0.2) is 48.5 Å². The average Bonchev–Trinajstić information content (AvgIpc) is 2.65. The van der Waals surface area contributed by atoms with Crippen molar-refractivity contribution >= 4 is 11.7 Å². The first-order valence-electron chi connectivity index (χ1n) is 8.06. The molecule has 2 aromatic rings. The number of hydrogen-bond acceptors (Lipinski definition) is 4. The lowest BCUT2D eigenvalue weighted by atomic mass is 10.1. The number of hydrogen-bond donors (Lipinski definition) is 1. The molecule has 0 aliphatic carbocycles. The summed E-state index contributed by atoms with van der Waals surface area (Å²) in [7, 11) is 0. The van der Waals surface area contributed by atoms with Crippen molar-refractivity contribution in [2.45, 2.75) is 18.9 Å². The van der Waals surface area contributed by atoms with Crippen molar-refractivity contribution in [1.29, 1.82) is 0 Å². The lowest BCUT2D eigenvalue weighted by Crippen LogP contribution is -2.40. The Morgan fingerprint density at radius 2 is 1.76 bits per heavy atom. The van der Waals surface area contributed by atoms with E-state index in [9.17, 15) is 14.0 Å². The number of amides is 1. The standard InChI is InChI=1S/C19H18FNO4/c20-14-7-5-13(6-8-14)16(22)9-10-19(23)21-11-15-12-24-17-3-1-2-4-18(17)25-15/h1-8,15H,9-12H2,(H,21,23)/t15-/m1/s1. The van der Waals surface area contributed by atoms with E-state index in [1.807, 2.05) is 24.3 Å². The highest BCUT2D eigenvalue weighted by Gasteiger charge is 2.21. The van der Waals surface area contributed by atoms with Gasteiger partial charge in [0.05, 0.1) is 6.54 Å². The van der Waals surface area contributed by atoms with E-state index in [2.05, 4.69) is 5.32 Å². The van der Waals surface area contributed by atoms with Crippen LogP contribution < -0.4 is 14.8 Å². The Hall–Kier alpha value is -2.89. The van der Waals surface area contributed by atoms with Crippen LogP contribution in [-0.2, 0) is 4.79 Å². The zero-order valence-electron chi connectivity index (χ0n) is 13.5. The SMILES string of the molecule is O=C(CCC(=O)c1ccc(F)cc1)NC[C@@H]1COc2ccccc2O1. The third-order valence-corrected chi connectivity index (χ3v) is 3.84. The first-order chi connectivity index (χ1) is 12.1. The summed E-state index contributed by atoms with van der Waals surface area (Å²) in [5.41, 5.74) is 0.398. The fraction of sp³-hybridized carbons (Fsp3) is 0.263. The van der Waals surface area contributed by atoms with Gasteiger partial charge in [0.1, 0.15) is 18.5 Å². The van der Waals surface area contributed by atoms with Crippen LogP contribution in [0.1, 0.15) is 23.2 Å². The number of ketones is 1. The van der Waals surface area contributed by atoms with Gasteiger partial charge in [-0.15, -0.1) is 0 Å². The van der Waals surface area contributed by atoms with Crippen LogP contribution in [0, 0.1) is 5.82 Å². The molecule has 1 aliphatic rings. The molecule has 1 atom stereocenters. The van der Waals surface area contributed by atoms with Crippen LogP contribution in [0.3, 0.4) is 0 Å². The van der Waals surface area contributed by atoms with E-state index in [1.54, 1.807) is 0 Å². The lowest BCUT2D eigenvalue weighted by molar-refractivity contribution is -0.121. The molecule has 1 aliphatic heterocycles. The molecule has 2 aromatic carbocycles. The quantitative estimate of drug-likeness (QED) is 0.819. The van der Waals surface area contributed by atoms with Crippen LogP contribution in [0.25, 0.3) is 0 Å². The maximum Gasteiger partial charge on any atom is 0.220 e. The second-order valence-corrected chi connectivity index (χ2v) is 5.73. The minimum atomic E-state index is -0.398. The van der Waals surface area contributed by atoms with Gasteiger partial charge in [0.25, 0.3) is 0 Å². The second kappa shape index (κ2) is 7.79. The van der Waals surface area contributed by atoms with Gasteiger partial charge < -0.3 is 14.8 Å². The maximum atomic E-state index is 12.8. The Kier molecular flexibility index (Phi) is 5.28. The number of benzene rings is 2. The smallest absolute Gasteiger partial charge is 0.220 e. The van der Waals surface area contributed by atoms with Crippen molar-refractivity contribution in [2.75, 3.05) is 13.2 Å². The van der Waals surface area contributed by atoms with E-state index < -0.39 is 5.82 Å². The minimum Gasteiger partial charge on any atom is -0.486 e. The van der Waals surface area contributed by atoms with Crippen LogP contribution >= 0.6 is 0 Å². The molecule has 0 radical (unpaired) electrons. The fourth-order valence-corrected chi connectivity index (χ4v) is 2.49. The molecule has 5 nitrogen and oxygen atoms in total. The average molecular weight is 343 g/mol. The zero-order valence-corrected chi connectivity index (χ0v) is 13.5. The van der Waals surface area contributed by atoms with Crippen molar-refractivity contribution in [3.05, 3.63) is 59.9 Å². The second-order valence-electron chi connectivity index (χ2n) is 5.73. The first-order valence-corrected chi connectivity index (χ1v) is 8.06. The molecule has 0 fully saturated rings. The highest BCUT2D eigenvalue weighted by molar-refractivity contribution is 5.97. The van der Waals surface area contributed by atoms with Gasteiger partial charge in [-0.25, -0.2) is 4.39 Å². The van der Waals surface area contributed by atoms with Crippen LogP contribution in [-0.4, -0.2) is 30.9 Å². The van der Waals surface area contributed by atoms with E-state index in [1.165, 1.54) is 24.3 Å². The van der Waals surface area contributed by atoms with Crippen molar-refractivity contribution in [2.24, 2.45) is 0 Å². The third-order valence-electron chi connectivity index (χ3n) is 3.84. The molecule has 130 valence electrons. The van der Waals surface area contributed by atoms with Gasteiger partial charge in [-0.2, -0.15) is 0 Å². The number of carbonyl (C=O) groups excluding carboxylic acids is 2. The topological polar surface area (TPSA) is 64.6 Å². The number of para-hydroxylation sites is 2. The molecule has 0 aromatic heterocycles. The van der Waals surface area contributed by atoms with E-state index >= 15 is 0 Å². The molecule has 3 rings (SSSR count). The molecular weight excluding hydrogens is 325 g/mol. The highest BCUT2D eigenvalue weighted by atomic mass is 19.1. The predicted molar refractivity (Wildman–Crippen MR) is 89.3 cm³/mol. The van der Waals surface area contributed by atoms with Crippen molar-refractivity contribution in [1.82, 2.24) is 5.32 Å². The third kappa shape index (κ3) is 4.56. The Balaban J connectivity index is 1.41. The predicted octanol–water partition coefficient (Wildman–Crippen LogP) is 2.74. The zero-order chi connectivity index (χ0) is 17.6. The molecule has 0 spiro atoms. The summed E-state index contributed by atoms with van der Waals surface area (Å²) in [6.45, 7) is 0.656. The van der Waals surface area contributed by atoms with Crippen molar-refractivity contribution < 1.29 is 23.5 Å². The van der Waals surface area contributed by atoms with E-state index in [0.717, 1.165) is 0 Å². The van der Waals surface area contributed by atoms with Crippen LogP contribution in [0.4, 0.5) is 4.39 Å². The molecule has 0 unspecified atom stereocenters. The summed E-state index contributed by atoms with van der Waals surface area (Å²) in [4.78, 5) is 23.9. The highest BCUT2D eigenvalue weighted by Crippen LogP contribution is 2.30. The molecule has 0 bridgehead atoms. The molecular formula is C19H18FNO4. The van der Waals surface area contributed by atoms with Crippen LogP contribution in [0.2, 0.25) is 0 Å². The Morgan fingerprint density at radius 1 is 1.04 bits per heavy atom. The van der Waals surface area contributed by atoms with Crippen molar-refractivity contribution in [3.8, 4) is 11.5 Å². The maximum absolute atomic E-state index is 12.8. The first kappa shape index (κ1) is 17.0. The minimum absolute atomic E-state index is 0.0698. The van der Waals surface area contributed by atoms with E-state index in [0.29, 0.717) is 30.2 Å². The molecule has 1 N–H and O–H groups in total. The molecule has 0 saturated carbocycles. The summed E-state index contributed by atoms with van der Waals surface area (Å²) in [6.07, 6.45) is -0.130. The molecule has 0 saturated heterocycles. The Labute approximate surface area is 144 Å². The van der Waals surface area contributed by atoms with Gasteiger partial charge in [-0.05, 0) is 36.4 Å². The van der Waals surface area contributed by atoms with E-state index in [4.69, 9.17) is 9.47 Å². The van der Waals surface area contributed by atoms with Gasteiger partial charge in [-0.1, -0.05) is 12.1 Å². The van der Waals surface area contributed by atoms with E-state index in [-0.39, 0.29) is 30.6 Å². The summed E-state index contributed by atoms with van der Waals surface area (Å²) in [5, 5.41) is 2.74. The number of halogens is 1. The normalized spacial score (nSPS) is 15.5. The largest absolute Gasteiger partial charge is 0.486 e. The number of nitrogens with one attached hydrogen (secondary N) is 1. The number of carbonyl (C=O) groups is 2. The number of ether oxygens (including phenoxy) is 2. The summed E-state index contributed by atoms with van der Waals surface area (Å²) < 4.78 is 24.2. The van der Waals surface area contributed by atoms with Gasteiger partial charge in [0.15, 0.2) is 17.3 Å². The van der Waals surface area contributed by atoms with Gasteiger partial charge in [0.2, 0.25) is 5.91 Å². The molecule has 6 heteroatoms. The monoisotopic (exact) mass is 343 g/mol. The van der Waals surface area contributed by atoms with Gasteiger partial charge in [0, 0.05) is 18.4 Å². The Bertz CT molecular complexity index is 760. The molecule has 25 heavy (non-hydrogen) atoms. The summed E-state index contributed by atoms with van der Waals surface area (Å²) in [6, 6.07) is 12.6. The molecule has 1 heterocycles. The molecule has 1 amide bonds.